The molecule has 0 aliphatic rings. The number of carboxylic acids is 1. The van der Waals surface area contributed by atoms with E-state index >= 15 is 0 Å². The first-order valence-electron chi connectivity index (χ1n) is 11.5. The number of carbonyl (C=O) groups is 1. The van der Waals surface area contributed by atoms with Crippen LogP contribution in [0.25, 0.3) is 16.0 Å². The van der Waals surface area contributed by atoms with E-state index in [4.69, 9.17) is 4.43 Å². The Hall–Kier alpha value is -3.88. The molecular formula is C28H26N2O4SSi. The van der Waals surface area contributed by atoms with Crippen LogP contribution in [0.5, 0.6) is 11.5 Å². The maximum atomic E-state index is 11.4. The van der Waals surface area contributed by atoms with Crippen molar-refractivity contribution in [3.05, 3.63) is 96.1 Å². The monoisotopic (exact) mass is 514 g/mol. The molecule has 2 N–H and O–H groups in total. The van der Waals surface area contributed by atoms with Crippen molar-refractivity contribution in [3.8, 4) is 16.5 Å². The molecular weight excluding hydrogens is 488 g/mol. The van der Waals surface area contributed by atoms with Gasteiger partial charge in [0.25, 0.3) is 0 Å². The van der Waals surface area contributed by atoms with E-state index in [0.717, 1.165) is 28.1 Å². The van der Waals surface area contributed by atoms with Crippen molar-refractivity contribution in [2.45, 2.75) is 25.8 Å². The summed E-state index contributed by atoms with van der Waals surface area (Å²) >= 11 is 1.00. The number of benzene rings is 3. The molecule has 5 rings (SSSR count). The zero-order chi connectivity index (χ0) is 25.5. The highest BCUT2D eigenvalue weighted by molar-refractivity contribution is 7.16. The normalized spacial score (nSPS) is 12.1. The minimum Gasteiger partial charge on any atom is -0.534 e. The van der Waals surface area contributed by atoms with Gasteiger partial charge in [0.2, 0.25) is 0 Å². The van der Waals surface area contributed by atoms with Gasteiger partial charge in [0, 0.05) is 12.1 Å². The highest BCUT2D eigenvalue weighted by Crippen LogP contribution is 2.38. The van der Waals surface area contributed by atoms with Crippen LogP contribution in [0.15, 0.2) is 91.3 Å². The molecule has 0 saturated carbocycles. The van der Waals surface area contributed by atoms with Gasteiger partial charge in [-0.15, -0.1) is 11.3 Å². The van der Waals surface area contributed by atoms with E-state index in [1.807, 2.05) is 30.3 Å². The number of nitrogens with zero attached hydrogens (tertiary/aromatic N) is 2. The van der Waals surface area contributed by atoms with E-state index in [0.29, 0.717) is 5.00 Å². The summed E-state index contributed by atoms with van der Waals surface area (Å²) in [4.78, 5) is 15.8. The van der Waals surface area contributed by atoms with E-state index in [1.54, 1.807) is 10.9 Å². The fourth-order valence-corrected chi connectivity index (χ4v) is 9.98. The number of aromatic hydroxyl groups is 1. The van der Waals surface area contributed by atoms with Gasteiger partial charge in [0.15, 0.2) is 4.88 Å². The lowest BCUT2D eigenvalue weighted by atomic mass is 10.2. The second-order valence-electron chi connectivity index (χ2n) is 9.63. The maximum absolute atomic E-state index is 11.4. The molecule has 0 saturated heterocycles. The molecule has 8 heteroatoms. The first kappa shape index (κ1) is 23.8. The number of aromatic carboxylic acids is 1. The van der Waals surface area contributed by atoms with Gasteiger partial charge in [-0.3, -0.25) is 4.57 Å². The van der Waals surface area contributed by atoms with Gasteiger partial charge >= 0.3 is 14.3 Å². The van der Waals surface area contributed by atoms with Crippen LogP contribution in [-0.2, 0) is 0 Å². The summed E-state index contributed by atoms with van der Waals surface area (Å²) in [6.07, 6.45) is 1.63. The number of hydrogen-bond donors (Lipinski definition) is 2. The molecule has 2 heterocycles. The van der Waals surface area contributed by atoms with Gasteiger partial charge < -0.3 is 14.6 Å². The molecule has 0 amide bonds. The van der Waals surface area contributed by atoms with Crippen molar-refractivity contribution in [3.63, 3.8) is 0 Å². The Bertz CT molecular complexity index is 1500. The number of hydrogen-bond acceptors (Lipinski definition) is 5. The Balaban J connectivity index is 1.62. The Labute approximate surface area is 214 Å². The molecule has 0 unspecified atom stereocenters. The molecule has 0 radical (unpaired) electrons. The third-order valence-corrected chi connectivity index (χ3v) is 12.4. The summed E-state index contributed by atoms with van der Waals surface area (Å²) in [7, 11) is -2.78. The molecule has 2 aromatic heterocycles. The van der Waals surface area contributed by atoms with E-state index in [2.05, 4.69) is 74.3 Å². The zero-order valence-electron chi connectivity index (χ0n) is 20.2. The van der Waals surface area contributed by atoms with Crippen molar-refractivity contribution >= 4 is 47.0 Å². The van der Waals surface area contributed by atoms with Crippen LogP contribution >= 0.6 is 11.3 Å². The SMILES string of the molecule is CC(C)(C)[Si](Oc1ccc2c(c1)ncn2-c1cc(O)c(C(=O)O)s1)(c1ccccc1)c1ccccc1. The van der Waals surface area contributed by atoms with Gasteiger partial charge in [0.05, 0.1) is 11.0 Å². The zero-order valence-corrected chi connectivity index (χ0v) is 22.0. The highest BCUT2D eigenvalue weighted by Gasteiger charge is 2.52. The summed E-state index contributed by atoms with van der Waals surface area (Å²) < 4.78 is 8.87. The summed E-state index contributed by atoms with van der Waals surface area (Å²) in [6.45, 7) is 6.70. The van der Waals surface area contributed by atoms with Crippen molar-refractivity contribution in [2.24, 2.45) is 0 Å². The number of thiophene rings is 1. The predicted molar refractivity (Wildman–Crippen MR) is 146 cm³/mol. The second-order valence-corrected chi connectivity index (χ2v) is 14.9. The summed E-state index contributed by atoms with van der Waals surface area (Å²) in [6, 6.07) is 28.1. The lowest BCUT2D eigenvalue weighted by molar-refractivity contribution is 0.0699. The van der Waals surface area contributed by atoms with E-state index in [1.165, 1.54) is 16.4 Å². The lowest BCUT2D eigenvalue weighted by Crippen LogP contribution is -2.68. The number of carboxylic acid groups (broad SMARTS) is 1. The average molecular weight is 515 g/mol. The summed E-state index contributed by atoms with van der Waals surface area (Å²) in [5.41, 5.74) is 1.51. The van der Waals surface area contributed by atoms with Crippen LogP contribution in [0, 0.1) is 0 Å². The molecule has 0 spiro atoms. The lowest BCUT2D eigenvalue weighted by Gasteiger charge is -2.43. The molecule has 36 heavy (non-hydrogen) atoms. The third-order valence-electron chi connectivity index (χ3n) is 6.34. The molecule has 0 bridgehead atoms. The van der Waals surface area contributed by atoms with Crippen LogP contribution in [0.4, 0.5) is 0 Å². The topological polar surface area (TPSA) is 84.6 Å². The fourth-order valence-electron chi connectivity index (χ4n) is 4.70. The minimum absolute atomic E-state index is 0.0986. The molecule has 0 atom stereocenters. The van der Waals surface area contributed by atoms with Crippen LogP contribution in [0.3, 0.4) is 0 Å². The number of aromatic nitrogens is 2. The number of imidazole rings is 1. The Morgan fingerprint density at radius 1 is 0.944 bits per heavy atom. The number of fused-ring (bicyclic) bond motifs is 1. The van der Waals surface area contributed by atoms with Crippen LogP contribution in [0.1, 0.15) is 30.4 Å². The number of rotatable bonds is 6. The van der Waals surface area contributed by atoms with Gasteiger partial charge in [-0.25, -0.2) is 9.78 Å². The molecule has 3 aromatic carbocycles. The van der Waals surface area contributed by atoms with Gasteiger partial charge in [-0.1, -0.05) is 81.4 Å². The van der Waals surface area contributed by atoms with Crippen molar-refractivity contribution in [1.29, 1.82) is 0 Å². The Morgan fingerprint density at radius 3 is 2.08 bits per heavy atom. The molecule has 182 valence electrons. The van der Waals surface area contributed by atoms with Crippen molar-refractivity contribution in [2.75, 3.05) is 0 Å². The van der Waals surface area contributed by atoms with Crippen LogP contribution < -0.4 is 14.8 Å². The highest BCUT2D eigenvalue weighted by atomic mass is 32.1. The van der Waals surface area contributed by atoms with Gasteiger partial charge in [-0.2, -0.15) is 0 Å². The van der Waals surface area contributed by atoms with Gasteiger partial charge in [-0.05, 0) is 27.5 Å². The first-order chi connectivity index (χ1) is 17.2. The largest absolute Gasteiger partial charge is 0.534 e. The first-order valence-corrected chi connectivity index (χ1v) is 14.3. The third kappa shape index (κ3) is 3.98. The van der Waals surface area contributed by atoms with E-state index in [9.17, 15) is 15.0 Å². The molecule has 5 aromatic rings. The quantitative estimate of drug-likeness (QED) is 0.295. The molecule has 0 aliphatic carbocycles. The molecule has 0 fully saturated rings. The van der Waals surface area contributed by atoms with E-state index in [-0.39, 0.29) is 15.7 Å². The van der Waals surface area contributed by atoms with Crippen molar-refractivity contribution in [1.82, 2.24) is 9.55 Å². The fraction of sp³-hybridized carbons (Fsp3) is 0.143. The van der Waals surface area contributed by atoms with Crippen LogP contribution in [0.2, 0.25) is 5.04 Å². The smallest absolute Gasteiger partial charge is 0.349 e. The Morgan fingerprint density at radius 2 is 1.56 bits per heavy atom. The summed E-state index contributed by atoms with van der Waals surface area (Å²) in [5, 5.41) is 22.1. The Kier molecular flexibility index (Phi) is 5.94. The van der Waals surface area contributed by atoms with Crippen LogP contribution in [-0.4, -0.2) is 34.1 Å². The van der Waals surface area contributed by atoms with Gasteiger partial charge in [0.1, 0.15) is 22.8 Å². The average Bonchev–Trinajstić information content (AvgIpc) is 3.46. The standard InChI is InChI=1S/C28H26N2O4SSi/c1-28(2,3)36(20-10-6-4-7-11-20,21-12-8-5-9-13-21)34-19-14-15-23-22(16-19)29-18-30(23)25-17-24(31)26(35-25)27(32)33/h4-18,31H,1-3H3,(H,32,33). The van der Waals surface area contributed by atoms with E-state index < -0.39 is 14.3 Å². The predicted octanol–water partition coefficient (Wildman–Crippen LogP) is 5.43. The molecule has 6 nitrogen and oxygen atoms in total. The summed E-state index contributed by atoms with van der Waals surface area (Å²) in [5.74, 6) is -0.688. The minimum atomic E-state index is -2.78. The maximum Gasteiger partial charge on any atom is 0.349 e. The second kappa shape index (κ2) is 8.96. The van der Waals surface area contributed by atoms with Crippen molar-refractivity contribution < 1.29 is 19.4 Å². The molecule has 0 aliphatic heterocycles.